The number of hydrogen-bond donors (Lipinski definition) is 3. The van der Waals surface area contributed by atoms with Crippen molar-refractivity contribution < 1.29 is 19.4 Å². The predicted octanol–water partition coefficient (Wildman–Crippen LogP) is 1.74. The highest BCUT2D eigenvalue weighted by molar-refractivity contribution is 5.75. The maximum atomic E-state index is 11.8. The molecule has 3 N–H and O–H groups in total. The molecule has 0 aliphatic carbocycles. The van der Waals surface area contributed by atoms with Crippen molar-refractivity contribution in [3.63, 3.8) is 0 Å². The summed E-state index contributed by atoms with van der Waals surface area (Å²) in [6.07, 6.45) is 2.62. The third-order valence-electron chi connectivity index (χ3n) is 3.13. The van der Waals surface area contributed by atoms with Gasteiger partial charge in [0.1, 0.15) is 0 Å². The van der Waals surface area contributed by atoms with Crippen LogP contribution in [0.5, 0.6) is 0 Å². The van der Waals surface area contributed by atoms with E-state index in [9.17, 15) is 9.59 Å². The Morgan fingerprint density at radius 2 is 2.10 bits per heavy atom. The average molecular weight is 286 g/mol. The zero-order chi connectivity index (χ0) is 15.2. The zero-order valence-corrected chi connectivity index (χ0v) is 12.6. The van der Waals surface area contributed by atoms with Gasteiger partial charge in [-0.25, -0.2) is 4.79 Å². The van der Waals surface area contributed by atoms with E-state index < -0.39 is 5.97 Å². The van der Waals surface area contributed by atoms with E-state index in [1.54, 1.807) is 0 Å². The fourth-order valence-corrected chi connectivity index (χ4v) is 2.37. The second-order valence-corrected chi connectivity index (χ2v) is 6.55. The van der Waals surface area contributed by atoms with E-state index in [4.69, 9.17) is 9.84 Å². The highest BCUT2D eigenvalue weighted by atomic mass is 16.5. The van der Waals surface area contributed by atoms with Gasteiger partial charge < -0.3 is 20.5 Å². The molecular weight excluding hydrogens is 260 g/mol. The first-order valence-corrected chi connectivity index (χ1v) is 7.14. The van der Waals surface area contributed by atoms with Crippen molar-refractivity contribution in [1.82, 2.24) is 10.6 Å². The Bertz CT molecular complexity index is 333. The van der Waals surface area contributed by atoms with Gasteiger partial charge in [-0.3, -0.25) is 4.79 Å². The summed E-state index contributed by atoms with van der Waals surface area (Å²) >= 11 is 0. The van der Waals surface area contributed by atoms with E-state index in [1.807, 2.05) is 20.8 Å². The third-order valence-corrected chi connectivity index (χ3v) is 3.13. The number of aliphatic carboxylic acids is 1. The minimum Gasteiger partial charge on any atom is -0.481 e. The Hall–Kier alpha value is -1.30. The van der Waals surface area contributed by atoms with Crippen LogP contribution in [0.4, 0.5) is 4.79 Å². The van der Waals surface area contributed by atoms with Crippen molar-refractivity contribution in [3.05, 3.63) is 0 Å². The SMILES string of the molecule is CC(C)(C)CC(CC(=O)O)NC(=O)NCC1CCCO1. The molecule has 1 heterocycles. The highest BCUT2D eigenvalue weighted by Crippen LogP contribution is 2.22. The van der Waals surface area contributed by atoms with Crippen LogP contribution in [0.3, 0.4) is 0 Å². The lowest BCUT2D eigenvalue weighted by molar-refractivity contribution is -0.137. The summed E-state index contributed by atoms with van der Waals surface area (Å²) in [6, 6.07) is -0.687. The van der Waals surface area contributed by atoms with Crippen molar-refractivity contribution in [2.45, 2.75) is 58.6 Å². The van der Waals surface area contributed by atoms with Crippen molar-refractivity contribution in [2.75, 3.05) is 13.2 Å². The molecule has 0 spiro atoms. The van der Waals surface area contributed by atoms with Crippen LogP contribution in [0.1, 0.15) is 46.5 Å². The summed E-state index contributed by atoms with van der Waals surface area (Å²) in [5, 5.41) is 14.4. The molecule has 6 nitrogen and oxygen atoms in total. The fourth-order valence-electron chi connectivity index (χ4n) is 2.37. The summed E-state index contributed by atoms with van der Waals surface area (Å²) in [6.45, 7) is 7.29. The molecule has 1 rings (SSSR count). The number of amides is 2. The van der Waals surface area contributed by atoms with Gasteiger partial charge in [-0.15, -0.1) is 0 Å². The maximum absolute atomic E-state index is 11.8. The Morgan fingerprint density at radius 3 is 2.60 bits per heavy atom. The molecule has 0 saturated carbocycles. The first kappa shape index (κ1) is 16.8. The average Bonchev–Trinajstić information content (AvgIpc) is 2.75. The number of rotatable bonds is 6. The van der Waals surface area contributed by atoms with E-state index in [0.29, 0.717) is 13.0 Å². The maximum Gasteiger partial charge on any atom is 0.315 e. The largest absolute Gasteiger partial charge is 0.481 e. The van der Waals surface area contributed by atoms with Crippen molar-refractivity contribution in [1.29, 1.82) is 0 Å². The smallest absolute Gasteiger partial charge is 0.315 e. The minimum absolute atomic E-state index is 0.0397. The van der Waals surface area contributed by atoms with Crippen LogP contribution in [-0.4, -0.2) is 42.4 Å². The van der Waals surface area contributed by atoms with Gasteiger partial charge in [-0.05, 0) is 24.7 Å². The van der Waals surface area contributed by atoms with Crippen LogP contribution in [0.25, 0.3) is 0 Å². The molecule has 0 aromatic carbocycles. The quantitative estimate of drug-likeness (QED) is 0.694. The molecule has 2 atom stereocenters. The molecule has 1 aliphatic rings. The second kappa shape index (κ2) is 7.47. The van der Waals surface area contributed by atoms with Gasteiger partial charge in [0.15, 0.2) is 0 Å². The lowest BCUT2D eigenvalue weighted by Crippen LogP contribution is -2.46. The molecule has 2 amide bonds. The van der Waals surface area contributed by atoms with Crippen molar-refractivity contribution in [3.8, 4) is 0 Å². The number of carboxylic acid groups (broad SMARTS) is 1. The Labute approximate surface area is 120 Å². The summed E-state index contributed by atoms with van der Waals surface area (Å²) in [7, 11) is 0. The summed E-state index contributed by atoms with van der Waals surface area (Å²) < 4.78 is 5.42. The predicted molar refractivity (Wildman–Crippen MR) is 75.6 cm³/mol. The summed E-state index contributed by atoms with van der Waals surface area (Å²) in [5.74, 6) is -0.904. The lowest BCUT2D eigenvalue weighted by atomic mass is 9.87. The van der Waals surface area contributed by atoms with E-state index >= 15 is 0 Å². The molecule has 0 bridgehead atoms. The van der Waals surface area contributed by atoms with Crippen molar-refractivity contribution in [2.24, 2.45) is 5.41 Å². The monoisotopic (exact) mass is 286 g/mol. The Balaban J connectivity index is 2.37. The number of ether oxygens (including phenoxy) is 1. The van der Waals surface area contributed by atoms with Crippen LogP contribution >= 0.6 is 0 Å². The number of nitrogens with one attached hydrogen (secondary N) is 2. The molecule has 1 fully saturated rings. The third kappa shape index (κ3) is 7.33. The standard InChI is InChI=1S/C14H26N2O4/c1-14(2,3)8-10(7-12(17)18)16-13(19)15-9-11-5-4-6-20-11/h10-11H,4-9H2,1-3H3,(H,17,18)(H2,15,16,19). The van der Waals surface area contributed by atoms with Gasteiger partial charge >= 0.3 is 12.0 Å². The van der Waals surface area contributed by atoms with Gasteiger partial charge in [0.05, 0.1) is 12.5 Å². The molecule has 0 aromatic heterocycles. The number of carbonyl (C=O) groups is 2. The van der Waals surface area contributed by atoms with Gasteiger partial charge in [0, 0.05) is 19.2 Å². The number of urea groups is 1. The van der Waals surface area contributed by atoms with Crippen LogP contribution < -0.4 is 10.6 Å². The van der Waals surface area contributed by atoms with Crippen molar-refractivity contribution >= 4 is 12.0 Å². The van der Waals surface area contributed by atoms with E-state index in [1.165, 1.54) is 0 Å². The Kier molecular flexibility index (Phi) is 6.26. The van der Waals surface area contributed by atoms with Crippen LogP contribution in [0.2, 0.25) is 0 Å². The van der Waals surface area contributed by atoms with E-state index in [-0.39, 0.29) is 30.0 Å². The number of hydrogen-bond acceptors (Lipinski definition) is 3. The van der Waals surface area contributed by atoms with Gasteiger partial charge in [0.25, 0.3) is 0 Å². The highest BCUT2D eigenvalue weighted by Gasteiger charge is 2.23. The van der Waals surface area contributed by atoms with E-state index in [2.05, 4.69) is 10.6 Å². The second-order valence-electron chi connectivity index (χ2n) is 6.55. The normalized spacial score (nSPS) is 20.4. The minimum atomic E-state index is -0.904. The zero-order valence-electron chi connectivity index (χ0n) is 12.6. The van der Waals surface area contributed by atoms with Gasteiger partial charge in [0.2, 0.25) is 0 Å². The fraction of sp³-hybridized carbons (Fsp3) is 0.857. The molecule has 1 aliphatic heterocycles. The summed E-state index contributed by atoms with van der Waals surface area (Å²) in [4.78, 5) is 22.7. The Morgan fingerprint density at radius 1 is 1.40 bits per heavy atom. The topological polar surface area (TPSA) is 87.7 Å². The van der Waals surface area contributed by atoms with Gasteiger partial charge in [-0.2, -0.15) is 0 Å². The van der Waals surface area contributed by atoms with E-state index in [0.717, 1.165) is 19.4 Å². The van der Waals surface area contributed by atoms with Crippen LogP contribution in [0.15, 0.2) is 0 Å². The number of carboxylic acids is 1. The lowest BCUT2D eigenvalue weighted by Gasteiger charge is -2.26. The first-order valence-electron chi connectivity index (χ1n) is 7.14. The molecule has 2 unspecified atom stereocenters. The molecule has 0 aromatic rings. The van der Waals surface area contributed by atoms with Crippen LogP contribution in [0, 0.1) is 5.41 Å². The van der Waals surface area contributed by atoms with Crippen LogP contribution in [-0.2, 0) is 9.53 Å². The molecule has 116 valence electrons. The molecule has 0 radical (unpaired) electrons. The molecule has 1 saturated heterocycles. The molecular formula is C14H26N2O4. The van der Waals surface area contributed by atoms with Gasteiger partial charge in [-0.1, -0.05) is 20.8 Å². The molecule has 6 heteroatoms. The summed E-state index contributed by atoms with van der Waals surface area (Å²) in [5.41, 5.74) is -0.0397. The molecule has 20 heavy (non-hydrogen) atoms. The first-order chi connectivity index (χ1) is 9.26. The number of carbonyl (C=O) groups excluding carboxylic acids is 1.